The fourth-order valence-electron chi connectivity index (χ4n) is 2.73. The number of hydrogen-bond donors (Lipinski definition) is 2. The van der Waals surface area contributed by atoms with Crippen LogP contribution in [0.25, 0.3) is 0 Å². The van der Waals surface area contributed by atoms with Gasteiger partial charge >= 0.3 is 0 Å². The number of nitrogens with two attached hydrogens (primary N) is 1. The summed E-state index contributed by atoms with van der Waals surface area (Å²) in [5.41, 5.74) is 7.52. The average molecular weight is 274 g/mol. The lowest BCUT2D eigenvalue weighted by Crippen LogP contribution is -2.57. The summed E-state index contributed by atoms with van der Waals surface area (Å²) in [6.45, 7) is 2.10. The highest BCUT2D eigenvalue weighted by molar-refractivity contribution is 5.84. The van der Waals surface area contributed by atoms with Crippen LogP contribution in [0.3, 0.4) is 0 Å². The van der Waals surface area contributed by atoms with E-state index >= 15 is 0 Å². The molecule has 1 unspecified atom stereocenters. The topological polar surface area (TPSA) is 64.3 Å². The van der Waals surface area contributed by atoms with Crippen LogP contribution in [0, 0.1) is 0 Å². The molecule has 1 atom stereocenters. The normalized spacial score (nSPS) is 20.2. The minimum atomic E-state index is -0.791. The van der Waals surface area contributed by atoms with E-state index in [1.165, 1.54) is 17.5 Å². The molecule has 3 N–H and O–H groups in total. The second kappa shape index (κ2) is 5.09. The van der Waals surface area contributed by atoms with Gasteiger partial charge in [0.1, 0.15) is 17.9 Å². The maximum Gasteiger partial charge on any atom is 0.240 e. The molecule has 0 spiro atoms. The van der Waals surface area contributed by atoms with Gasteiger partial charge in [0.25, 0.3) is 0 Å². The Balaban J connectivity index is 1.66. The van der Waals surface area contributed by atoms with Gasteiger partial charge in [-0.2, -0.15) is 0 Å². The molecule has 0 saturated heterocycles. The van der Waals surface area contributed by atoms with Gasteiger partial charge in [0, 0.05) is 6.04 Å². The first-order valence-electron chi connectivity index (χ1n) is 7.39. The highest BCUT2D eigenvalue weighted by Crippen LogP contribution is 2.27. The summed E-state index contributed by atoms with van der Waals surface area (Å²) in [6, 6.07) is 6.63. The zero-order chi connectivity index (χ0) is 14.2. The van der Waals surface area contributed by atoms with Crippen LogP contribution < -0.4 is 15.8 Å². The number of aryl methyl sites for hydroxylation is 2. The Morgan fingerprint density at radius 1 is 1.40 bits per heavy atom. The molecule has 1 saturated carbocycles. The van der Waals surface area contributed by atoms with Gasteiger partial charge in [0.15, 0.2) is 0 Å². The molecule has 1 amide bonds. The summed E-state index contributed by atoms with van der Waals surface area (Å²) in [5, 5.41) is 3.29. The summed E-state index contributed by atoms with van der Waals surface area (Å²) >= 11 is 0. The van der Waals surface area contributed by atoms with Crippen LogP contribution in [0.2, 0.25) is 0 Å². The van der Waals surface area contributed by atoms with Crippen molar-refractivity contribution in [2.24, 2.45) is 5.73 Å². The van der Waals surface area contributed by atoms with Crippen LogP contribution in [0.1, 0.15) is 37.3 Å². The van der Waals surface area contributed by atoms with Crippen molar-refractivity contribution in [1.82, 2.24) is 5.32 Å². The summed E-state index contributed by atoms with van der Waals surface area (Å²) in [6.07, 6.45) is 5.74. The first kappa shape index (κ1) is 13.4. The van der Waals surface area contributed by atoms with Crippen molar-refractivity contribution >= 4 is 5.91 Å². The summed E-state index contributed by atoms with van der Waals surface area (Å²) in [5.74, 6) is 0.473. The number of benzene rings is 1. The maximum absolute atomic E-state index is 11.7. The van der Waals surface area contributed by atoms with Gasteiger partial charge in [-0.05, 0) is 62.3 Å². The second-order valence-corrected chi connectivity index (χ2v) is 6.19. The van der Waals surface area contributed by atoms with Crippen molar-refractivity contribution in [3.05, 3.63) is 29.3 Å². The van der Waals surface area contributed by atoms with Crippen molar-refractivity contribution in [2.45, 2.75) is 50.6 Å². The number of ether oxygens (including phenoxy) is 1. The first-order valence-corrected chi connectivity index (χ1v) is 7.39. The van der Waals surface area contributed by atoms with Crippen molar-refractivity contribution in [3.8, 4) is 5.75 Å². The Labute approximate surface area is 119 Å². The molecule has 3 rings (SSSR count). The van der Waals surface area contributed by atoms with E-state index in [0.717, 1.165) is 31.4 Å². The SMILES string of the molecule is CC(COc1ccc2c(c1)CCC2)(NC1CC1)C(N)=O. The number of amides is 1. The molecule has 0 aromatic heterocycles. The summed E-state index contributed by atoms with van der Waals surface area (Å²) in [4.78, 5) is 11.7. The highest BCUT2D eigenvalue weighted by Gasteiger charge is 2.37. The van der Waals surface area contributed by atoms with Crippen LogP contribution in [0.5, 0.6) is 5.75 Å². The number of rotatable bonds is 6. The number of carbonyl (C=O) groups excluding carboxylic acids is 1. The van der Waals surface area contributed by atoms with E-state index in [9.17, 15) is 4.79 Å². The van der Waals surface area contributed by atoms with Gasteiger partial charge in [-0.3, -0.25) is 10.1 Å². The van der Waals surface area contributed by atoms with Gasteiger partial charge < -0.3 is 10.5 Å². The Morgan fingerprint density at radius 3 is 2.85 bits per heavy atom. The monoisotopic (exact) mass is 274 g/mol. The quantitative estimate of drug-likeness (QED) is 0.827. The number of fused-ring (bicyclic) bond motifs is 1. The fraction of sp³-hybridized carbons (Fsp3) is 0.562. The van der Waals surface area contributed by atoms with Crippen molar-refractivity contribution < 1.29 is 9.53 Å². The average Bonchev–Trinajstić information content (AvgIpc) is 3.10. The Bertz CT molecular complexity index is 525. The third-order valence-electron chi connectivity index (χ3n) is 4.24. The zero-order valence-electron chi connectivity index (χ0n) is 11.9. The van der Waals surface area contributed by atoms with E-state index < -0.39 is 5.54 Å². The Morgan fingerprint density at radius 2 is 2.15 bits per heavy atom. The van der Waals surface area contributed by atoms with Gasteiger partial charge in [0.05, 0.1) is 0 Å². The van der Waals surface area contributed by atoms with Crippen molar-refractivity contribution in [2.75, 3.05) is 6.61 Å². The van der Waals surface area contributed by atoms with Crippen LogP contribution in [-0.4, -0.2) is 24.1 Å². The smallest absolute Gasteiger partial charge is 0.240 e. The molecule has 0 aliphatic heterocycles. The summed E-state index contributed by atoms with van der Waals surface area (Å²) < 4.78 is 5.82. The predicted octanol–water partition coefficient (Wildman–Crippen LogP) is 1.55. The van der Waals surface area contributed by atoms with Gasteiger partial charge in [0.2, 0.25) is 5.91 Å². The lowest BCUT2D eigenvalue weighted by molar-refractivity contribution is -0.125. The minimum absolute atomic E-state index is 0.275. The van der Waals surface area contributed by atoms with Gasteiger partial charge in [-0.1, -0.05) is 6.07 Å². The zero-order valence-corrected chi connectivity index (χ0v) is 11.9. The minimum Gasteiger partial charge on any atom is -0.491 e. The lowest BCUT2D eigenvalue weighted by atomic mass is 10.0. The van der Waals surface area contributed by atoms with Crippen LogP contribution in [-0.2, 0) is 17.6 Å². The maximum atomic E-state index is 11.7. The van der Waals surface area contributed by atoms with Gasteiger partial charge in [-0.15, -0.1) is 0 Å². The number of primary amides is 1. The molecule has 1 aromatic rings. The second-order valence-electron chi connectivity index (χ2n) is 6.19. The van der Waals surface area contributed by atoms with Crippen LogP contribution >= 0.6 is 0 Å². The van der Waals surface area contributed by atoms with Crippen LogP contribution in [0.15, 0.2) is 18.2 Å². The molecule has 1 fully saturated rings. The molecule has 1 aromatic carbocycles. The standard InChI is InChI=1S/C16H22N2O2/c1-16(15(17)19,18-13-6-7-13)10-20-14-8-5-11-3-2-4-12(11)9-14/h5,8-9,13,18H,2-4,6-7,10H2,1H3,(H2,17,19). The molecule has 0 bridgehead atoms. The van der Waals surface area contributed by atoms with E-state index in [1.807, 2.05) is 13.0 Å². The van der Waals surface area contributed by atoms with Crippen molar-refractivity contribution in [3.63, 3.8) is 0 Å². The molecular weight excluding hydrogens is 252 g/mol. The Kier molecular flexibility index (Phi) is 3.42. The third-order valence-corrected chi connectivity index (χ3v) is 4.24. The van der Waals surface area contributed by atoms with E-state index in [2.05, 4.69) is 17.4 Å². The third kappa shape index (κ3) is 2.80. The van der Waals surface area contributed by atoms with E-state index in [4.69, 9.17) is 10.5 Å². The van der Waals surface area contributed by atoms with E-state index in [-0.39, 0.29) is 12.5 Å². The molecule has 4 nitrogen and oxygen atoms in total. The number of hydrogen-bond acceptors (Lipinski definition) is 3. The predicted molar refractivity (Wildman–Crippen MR) is 77.7 cm³/mol. The van der Waals surface area contributed by atoms with Crippen LogP contribution in [0.4, 0.5) is 0 Å². The summed E-state index contributed by atoms with van der Waals surface area (Å²) in [7, 11) is 0. The lowest BCUT2D eigenvalue weighted by Gasteiger charge is -2.27. The molecule has 20 heavy (non-hydrogen) atoms. The molecule has 0 heterocycles. The van der Waals surface area contributed by atoms with E-state index in [0.29, 0.717) is 6.04 Å². The largest absolute Gasteiger partial charge is 0.491 e. The molecule has 108 valence electrons. The van der Waals surface area contributed by atoms with Gasteiger partial charge in [-0.25, -0.2) is 0 Å². The molecular formula is C16H22N2O2. The first-order chi connectivity index (χ1) is 9.57. The van der Waals surface area contributed by atoms with Crippen molar-refractivity contribution in [1.29, 1.82) is 0 Å². The number of carbonyl (C=O) groups is 1. The molecule has 2 aliphatic carbocycles. The highest BCUT2D eigenvalue weighted by atomic mass is 16.5. The molecule has 4 heteroatoms. The number of nitrogens with one attached hydrogen (secondary N) is 1. The Hall–Kier alpha value is -1.55. The molecule has 2 aliphatic rings. The fourth-order valence-corrected chi connectivity index (χ4v) is 2.73. The van der Waals surface area contributed by atoms with E-state index in [1.54, 1.807) is 0 Å². The molecule has 0 radical (unpaired) electrons.